The summed E-state index contributed by atoms with van der Waals surface area (Å²) in [7, 11) is 1.52. The van der Waals surface area contributed by atoms with Crippen LogP contribution in [0.25, 0.3) is 16.9 Å². The largest absolute Gasteiger partial charge is 0.482 e. The van der Waals surface area contributed by atoms with Gasteiger partial charge in [0.05, 0.1) is 31.3 Å². The number of hydrogen-bond acceptors (Lipinski definition) is 7. The summed E-state index contributed by atoms with van der Waals surface area (Å²) in [4.78, 5) is 27.0. The monoisotopic (exact) mass is 397 g/mol. The number of hydrogen-bond donors (Lipinski definition) is 1. The molecule has 0 spiro atoms. The first-order chi connectivity index (χ1) is 14.0. The molecular formula is C20H19N3O6. The average Bonchev–Trinajstić information content (AvgIpc) is 3.18. The molecule has 0 unspecified atom stereocenters. The van der Waals surface area contributed by atoms with Crippen LogP contribution in [-0.4, -0.2) is 52.1 Å². The van der Waals surface area contributed by atoms with Crippen LogP contribution in [0, 0.1) is 0 Å². The van der Waals surface area contributed by atoms with E-state index in [1.165, 1.54) is 7.11 Å². The highest BCUT2D eigenvalue weighted by Crippen LogP contribution is 2.26. The van der Waals surface area contributed by atoms with Gasteiger partial charge >= 0.3 is 11.9 Å². The Morgan fingerprint density at radius 2 is 1.90 bits per heavy atom. The third-order valence-electron chi connectivity index (χ3n) is 3.88. The number of rotatable bonds is 8. The van der Waals surface area contributed by atoms with Crippen LogP contribution in [0.4, 0.5) is 0 Å². The lowest BCUT2D eigenvalue weighted by molar-refractivity contribution is -0.139. The smallest absolute Gasteiger partial charge is 0.358 e. The third-order valence-corrected chi connectivity index (χ3v) is 3.88. The van der Waals surface area contributed by atoms with Crippen molar-refractivity contribution in [2.24, 2.45) is 0 Å². The number of esters is 1. The van der Waals surface area contributed by atoms with Crippen LogP contribution in [0.5, 0.6) is 11.6 Å². The van der Waals surface area contributed by atoms with Crippen LogP contribution < -0.4 is 9.47 Å². The molecule has 29 heavy (non-hydrogen) atoms. The molecule has 0 aliphatic rings. The van der Waals surface area contributed by atoms with Crippen molar-refractivity contribution in [1.82, 2.24) is 14.8 Å². The molecule has 0 saturated heterocycles. The minimum Gasteiger partial charge on any atom is -0.482 e. The van der Waals surface area contributed by atoms with Crippen LogP contribution in [-0.2, 0) is 9.53 Å². The van der Waals surface area contributed by atoms with E-state index in [-0.39, 0.29) is 12.3 Å². The maximum absolute atomic E-state index is 12.2. The standard InChI is InChI=1S/C20H19N3O6/c1-3-28-20(26)16-10-17(13-4-7-15(8-5-13)29-12-19(24)25)23(22-16)14-6-9-18(27-2)21-11-14/h4-11H,3,12H2,1-2H3,(H,24,25). The maximum atomic E-state index is 12.2. The summed E-state index contributed by atoms with van der Waals surface area (Å²) in [5.41, 5.74) is 2.16. The van der Waals surface area contributed by atoms with Crippen molar-refractivity contribution in [1.29, 1.82) is 0 Å². The van der Waals surface area contributed by atoms with Crippen molar-refractivity contribution < 1.29 is 28.9 Å². The summed E-state index contributed by atoms with van der Waals surface area (Å²) in [6, 6.07) is 11.9. The predicted octanol–water partition coefficient (Wildman–Crippen LogP) is 2.58. The fourth-order valence-corrected chi connectivity index (χ4v) is 2.57. The minimum atomic E-state index is -1.06. The van der Waals surface area contributed by atoms with E-state index in [4.69, 9.17) is 19.3 Å². The molecule has 150 valence electrons. The van der Waals surface area contributed by atoms with Gasteiger partial charge in [-0.2, -0.15) is 5.10 Å². The number of benzene rings is 1. The lowest BCUT2D eigenvalue weighted by Crippen LogP contribution is -2.09. The second-order valence-electron chi connectivity index (χ2n) is 5.81. The van der Waals surface area contributed by atoms with Gasteiger partial charge in [-0.15, -0.1) is 0 Å². The number of aromatic nitrogens is 3. The van der Waals surface area contributed by atoms with Crippen LogP contribution in [0.15, 0.2) is 48.7 Å². The lowest BCUT2D eigenvalue weighted by Gasteiger charge is -2.09. The van der Waals surface area contributed by atoms with Gasteiger partial charge in [0.1, 0.15) is 5.75 Å². The van der Waals surface area contributed by atoms with E-state index in [0.717, 1.165) is 5.56 Å². The number of pyridine rings is 1. The highest BCUT2D eigenvalue weighted by molar-refractivity contribution is 5.89. The van der Waals surface area contributed by atoms with E-state index in [1.54, 1.807) is 60.3 Å². The first-order valence-corrected chi connectivity index (χ1v) is 8.74. The maximum Gasteiger partial charge on any atom is 0.358 e. The zero-order valence-corrected chi connectivity index (χ0v) is 15.9. The Hall–Kier alpha value is -3.88. The lowest BCUT2D eigenvalue weighted by atomic mass is 10.1. The van der Waals surface area contributed by atoms with Crippen molar-refractivity contribution in [3.8, 4) is 28.6 Å². The van der Waals surface area contributed by atoms with Gasteiger partial charge in [-0.25, -0.2) is 19.3 Å². The number of aliphatic carboxylic acids is 1. The highest BCUT2D eigenvalue weighted by atomic mass is 16.5. The van der Waals surface area contributed by atoms with Crippen LogP contribution in [0.1, 0.15) is 17.4 Å². The summed E-state index contributed by atoms with van der Waals surface area (Å²) in [6.45, 7) is 1.53. The number of carboxylic acids is 1. The summed E-state index contributed by atoms with van der Waals surface area (Å²) in [5, 5.41) is 13.1. The predicted molar refractivity (Wildman–Crippen MR) is 102 cm³/mol. The van der Waals surface area contributed by atoms with Crippen molar-refractivity contribution in [2.75, 3.05) is 20.3 Å². The molecule has 2 aromatic heterocycles. The average molecular weight is 397 g/mol. The Kier molecular flexibility index (Phi) is 6.08. The summed E-state index contributed by atoms with van der Waals surface area (Å²) in [6.07, 6.45) is 1.58. The van der Waals surface area contributed by atoms with E-state index in [0.29, 0.717) is 23.0 Å². The minimum absolute atomic E-state index is 0.156. The van der Waals surface area contributed by atoms with Crippen molar-refractivity contribution >= 4 is 11.9 Å². The van der Waals surface area contributed by atoms with Gasteiger partial charge in [-0.3, -0.25) is 0 Å². The molecule has 0 fully saturated rings. The quantitative estimate of drug-likeness (QED) is 0.577. The Morgan fingerprint density at radius 3 is 2.48 bits per heavy atom. The fraction of sp³-hybridized carbons (Fsp3) is 0.200. The van der Waals surface area contributed by atoms with Crippen LogP contribution in [0.3, 0.4) is 0 Å². The third kappa shape index (κ3) is 4.70. The Bertz CT molecular complexity index is 996. The van der Waals surface area contributed by atoms with Crippen molar-refractivity contribution in [2.45, 2.75) is 6.92 Å². The molecule has 2 heterocycles. The second-order valence-corrected chi connectivity index (χ2v) is 5.81. The Balaban J connectivity index is 1.99. The van der Waals surface area contributed by atoms with Gasteiger partial charge in [0.15, 0.2) is 12.3 Å². The molecule has 0 atom stereocenters. The Labute approximate surface area is 166 Å². The molecule has 0 saturated carbocycles. The molecule has 0 bridgehead atoms. The summed E-state index contributed by atoms with van der Waals surface area (Å²) < 4.78 is 16.9. The Morgan fingerprint density at radius 1 is 1.14 bits per heavy atom. The molecular weight excluding hydrogens is 378 g/mol. The summed E-state index contributed by atoms with van der Waals surface area (Å²) in [5.74, 6) is -0.722. The van der Waals surface area contributed by atoms with Gasteiger partial charge in [0, 0.05) is 11.6 Å². The van der Waals surface area contributed by atoms with Crippen LogP contribution in [0.2, 0.25) is 0 Å². The van der Waals surface area contributed by atoms with Crippen LogP contribution >= 0.6 is 0 Å². The van der Waals surface area contributed by atoms with Crippen molar-refractivity contribution in [3.05, 3.63) is 54.4 Å². The van der Waals surface area contributed by atoms with E-state index in [2.05, 4.69) is 10.1 Å². The van der Waals surface area contributed by atoms with Gasteiger partial charge in [0.25, 0.3) is 0 Å². The molecule has 3 rings (SSSR count). The van der Waals surface area contributed by atoms with E-state index >= 15 is 0 Å². The fourth-order valence-electron chi connectivity index (χ4n) is 2.57. The molecule has 9 heteroatoms. The summed E-state index contributed by atoms with van der Waals surface area (Å²) >= 11 is 0. The normalized spacial score (nSPS) is 10.4. The zero-order valence-electron chi connectivity index (χ0n) is 15.9. The number of carbonyl (C=O) groups is 2. The van der Waals surface area contributed by atoms with Crippen molar-refractivity contribution in [3.63, 3.8) is 0 Å². The van der Waals surface area contributed by atoms with Gasteiger partial charge in [-0.05, 0) is 43.3 Å². The molecule has 0 radical (unpaired) electrons. The number of carbonyl (C=O) groups excluding carboxylic acids is 1. The molecule has 0 aliphatic carbocycles. The first kappa shape index (κ1) is 19.9. The number of nitrogens with zero attached hydrogens (tertiary/aromatic N) is 3. The SMILES string of the molecule is CCOC(=O)c1cc(-c2ccc(OCC(=O)O)cc2)n(-c2ccc(OC)nc2)n1. The second kappa shape index (κ2) is 8.87. The topological polar surface area (TPSA) is 113 Å². The molecule has 3 aromatic rings. The first-order valence-electron chi connectivity index (χ1n) is 8.74. The van der Waals surface area contributed by atoms with E-state index in [9.17, 15) is 9.59 Å². The molecule has 1 aromatic carbocycles. The molecule has 9 nitrogen and oxygen atoms in total. The van der Waals surface area contributed by atoms with E-state index in [1.807, 2.05) is 0 Å². The molecule has 1 N–H and O–H groups in total. The van der Waals surface area contributed by atoms with Gasteiger partial charge < -0.3 is 19.3 Å². The molecule has 0 aliphatic heterocycles. The molecule has 0 amide bonds. The number of ether oxygens (including phenoxy) is 3. The number of carboxylic acid groups (broad SMARTS) is 1. The van der Waals surface area contributed by atoms with Gasteiger partial charge in [-0.1, -0.05) is 0 Å². The zero-order chi connectivity index (χ0) is 20.8. The van der Waals surface area contributed by atoms with E-state index < -0.39 is 18.5 Å². The number of methoxy groups -OCH3 is 1. The van der Waals surface area contributed by atoms with Gasteiger partial charge in [0.2, 0.25) is 5.88 Å². The highest BCUT2D eigenvalue weighted by Gasteiger charge is 2.18.